The topological polar surface area (TPSA) is 95.0 Å². The first-order valence-electron chi connectivity index (χ1n) is 5.13. The van der Waals surface area contributed by atoms with E-state index in [0.717, 1.165) is 9.80 Å². The fourth-order valence-electron chi connectivity index (χ4n) is 1.68. The van der Waals surface area contributed by atoms with Crippen LogP contribution in [0.15, 0.2) is 0 Å². The quantitative estimate of drug-likeness (QED) is 0.697. The van der Waals surface area contributed by atoms with Gasteiger partial charge in [-0.3, -0.25) is 24.2 Å². The highest BCUT2D eigenvalue weighted by atomic mass is 16.4. The Bertz CT molecular complexity index is 390. The molecule has 7 heteroatoms. The van der Waals surface area contributed by atoms with E-state index < -0.39 is 42.2 Å². The second kappa shape index (κ2) is 4.52. The monoisotopic (exact) mass is 242 g/mol. The summed E-state index contributed by atoms with van der Waals surface area (Å²) in [5.41, 5.74) is 0. The number of imide groups is 2. The van der Waals surface area contributed by atoms with Crippen LogP contribution < -0.4 is 0 Å². The van der Waals surface area contributed by atoms with Gasteiger partial charge in [-0.2, -0.15) is 0 Å². The molecule has 1 fully saturated rings. The van der Waals surface area contributed by atoms with E-state index in [0.29, 0.717) is 0 Å². The van der Waals surface area contributed by atoms with Crippen molar-refractivity contribution in [1.29, 1.82) is 0 Å². The van der Waals surface area contributed by atoms with E-state index >= 15 is 0 Å². The number of rotatable bonds is 3. The standard InChI is InChI=1S/C10H14N2O5/c1-5(2)12-9(16)6(4-7(13)14)8(15)11(3)10(12)17/h5-6H,4H2,1-3H3,(H,13,14). The molecule has 0 spiro atoms. The third-order valence-electron chi connectivity index (χ3n) is 2.55. The lowest BCUT2D eigenvalue weighted by Crippen LogP contribution is -2.60. The molecule has 0 aromatic carbocycles. The van der Waals surface area contributed by atoms with Crippen molar-refractivity contribution in [2.45, 2.75) is 26.3 Å². The molecule has 1 unspecified atom stereocenters. The number of hydrogen-bond acceptors (Lipinski definition) is 4. The number of urea groups is 1. The number of amides is 4. The third kappa shape index (κ3) is 2.27. The second-order valence-electron chi connectivity index (χ2n) is 4.13. The lowest BCUT2D eigenvalue weighted by Gasteiger charge is -2.36. The minimum Gasteiger partial charge on any atom is -0.481 e. The zero-order valence-electron chi connectivity index (χ0n) is 9.84. The van der Waals surface area contributed by atoms with Crippen LogP contribution in [0.2, 0.25) is 0 Å². The number of carboxylic acids is 1. The SMILES string of the molecule is CC(C)N1C(=O)C(CC(=O)O)C(=O)N(C)C1=O. The number of carbonyl (C=O) groups is 4. The fraction of sp³-hybridized carbons (Fsp3) is 0.600. The van der Waals surface area contributed by atoms with Crippen LogP contribution >= 0.6 is 0 Å². The normalized spacial score (nSPS) is 21.4. The Morgan fingerprint density at radius 1 is 1.29 bits per heavy atom. The zero-order valence-corrected chi connectivity index (χ0v) is 9.84. The molecule has 94 valence electrons. The summed E-state index contributed by atoms with van der Waals surface area (Å²) in [6.45, 7) is 3.24. The molecular formula is C10H14N2O5. The largest absolute Gasteiger partial charge is 0.481 e. The minimum atomic E-state index is -1.31. The summed E-state index contributed by atoms with van der Waals surface area (Å²) < 4.78 is 0. The van der Waals surface area contributed by atoms with Gasteiger partial charge in [0.1, 0.15) is 5.92 Å². The summed E-state index contributed by atoms with van der Waals surface area (Å²) in [5.74, 6) is -4.06. The van der Waals surface area contributed by atoms with Gasteiger partial charge in [-0.15, -0.1) is 0 Å². The van der Waals surface area contributed by atoms with Gasteiger partial charge >= 0.3 is 12.0 Å². The van der Waals surface area contributed by atoms with Gasteiger partial charge < -0.3 is 5.11 Å². The van der Waals surface area contributed by atoms with Crippen molar-refractivity contribution < 1.29 is 24.3 Å². The Labute approximate surface area is 98.0 Å². The highest BCUT2D eigenvalue weighted by Gasteiger charge is 2.45. The molecule has 1 saturated heterocycles. The van der Waals surface area contributed by atoms with Crippen molar-refractivity contribution in [3.05, 3.63) is 0 Å². The molecule has 0 radical (unpaired) electrons. The molecule has 1 heterocycles. The van der Waals surface area contributed by atoms with E-state index in [9.17, 15) is 19.2 Å². The molecule has 0 saturated carbocycles. The summed E-state index contributed by atoms with van der Waals surface area (Å²) in [5, 5.41) is 8.65. The predicted molar refractivity (Wildman–Crippen MR) is 55.9 cm³/mol. The lowest BCUT2D eigenvalue weighted by molar-refractivity contribution is -0.155. The van der Waals surface area contributed by atoms with Crippen LogP contribution in [0.4, 0.5) is 4.79 Å². The molecule has 7 nitrogen and oxygen atoms in total. The zero-order chi connectivity index (χ0) is 13.3. The van der Waals surface area contributed by atoms with Crippen LogP contribution in [-0.2, 0) is 14.4 Å². The molecule has 1 N–H and O–H groups in total. The van der Waals surface area contributed by atoms with Gasteiger partial charge in [0.05, 0.1) is 6.42 Å². The van der Waals surface area contributed by atoms with E-state index in [1.54, 1.807) is 13.8 Å². The first-order valence-corrected chi connectivity index (χ1v) is 5.13. The minimum absolute atomic E-state index is 0.415. The first kappa shape index (κ1) is 13.1. The maximum Gasteiger partial charge on any atom is 0.333 e. The van der Waals surface area contributed by atoms with Gasteiger partial charge in [-0.1, -0.05) is 0 Å². The van der Waals surface area contributed by atoms with Crippen molar-refractivity contribution in [2.24, 2.45) is 5.92 Å². The highest BCUT2D eigenvalue weighted by Crippen LogP contribution is 2.21. The molecule has 1 rings (SSSR count). The van der Waals surface area contributed by atoms with Gasteiger partial charge in [0.15, 0.2) is 0 Å². The number of carbonyl (C=O) groups excluding carboxylic acids is 3. The molecule has 0 aromatic heterocycles. The van der Waals surface area contributed by atoms with Crippen molar-refractivity contribution in [2.75, 3.05) is 7.05 Å². The maximum absolute atomic E-state index is 11.9. The smallest absolute Gasteiger partial charge is 0.333 e. The summed E-state index contributed by atoms with van der Waals surface area (Å²) in [6, 6.07) is -1.13. The maximum atomic E-state index is 11.9. The van der Waals surface area contributed by atoms with Crippen molar-refractivity contribution in [3.8, 4) is 0 Å². The van der Waals surface area contributed by atoms with E-state index in [1.807, 2.05) is 0 Å². The van der Waals surface area contributed by atoms with Crippen LogP contribution in [0.5, 0.6) is 0 Å². The molecule has 1 atom stereocenters. The molecule has 0 bridgehead atoms. The summed E-state index contributed by atoms with van der Waals surface area (Å²) >= 11 is 0. The fourth-order valence-corrected chi connectivity index (χ4v) is 1.68. The summed E-state index contributed by atoms with van der Waals surface area (Å²) in [6.07, 6.45) is -0.599. The molecule has 0 aliphatic carbocycles. The Morgan fingerprint density at radius 2 is 1.82 bits per heavy atom. The van der Waals surface area contributed by atoms with Crippen LogP contribution in [0.3, 0.4) is 0 Å². The number of barbiturate groups is 1. The number of carboxylic acid groups (broad SMARTS) is 1. The van der Waals surface area contributed by atoms with Crippen LogP contribution in [0.25, 0.3) is 0 Å². The van der Waals surface area contributed by atoms with E-state index in [-0.39, 0.29) is 0 Å². The Balaban J connectivity index is 3.07. The molecule has 17 heavy (non-hydrogen) atoms. The van der Waals surface area contributed by atoms with E-state index in [1.165, 1.54) is 7.05 Å². The van der Waals surface area contributed by atoms with Gasteiger partial charge in [0.2, 0.25) is 11.8 Å². The van der Waals surface area contributed by atoms with E-state index in [4.69, 9.17) is 5.11 Å². The third-order valence-corrected chi connectivity index (χ3v) is 2.55. The molecule has 0 aromatic rings. The lowest BCUT2D eigenvalue weighted by atomic mass is 9.99. The second-order valence-corrected chi connectivity index (χ2v) is 4.13. The molecule has 1 aliphatic rings. The number of aliphatic carboxylic acids is 1. The van der Waals surface area contributed by atoms with Gasteiger partial charge in [-0.25, -0.2) is 4.79 Å². The molecule has 1 aliphatic heterocycles. The van der Waals surface area contributed by atoms with E-state index in [2.05, 4.69) is 0 Å². The van der Waals surface area contributed by atoms with Crippen molar-refractivity contribution in [1.82, 2.24) is 9.80 Å². The van der Waals surface area contributed by atoms with Crippen LogP contribution in [0.1, 0.15) is 20.3 Å². The average molecular weight is 242 g/mol. The highest BCUT2D eigenvalue weighted by molar-refractivity contribution is 6.17. The van der Waals surface area contributed by atoms with Gasteiger partial charge in [0, 0.05) is 13.1 Å². The van der Waals surface area contributed by atoms with Gasteiger partial charge in [-0.05, 0) is 13.8 Å². The Kier molecular flexibility index (Phi) is 3.50. The molecular weight excluding hydrogens is 228 g/mol. The predicted octanol–water partition coefficient (Wildman–Crippen LogP) is -0.0937. The number of hydrogen-bond donors (Lipinski definition) is 1. The van der Waals surface area contributed by atoms with Crippen molar-refractivity contribution >= 4 is 23.8 Å². The summed E-state index contributed by atoms with van der Waals surface area (Å²) in [4.78, 5) is 47.5. The first-order chi connectivity index (χ1) is 7.77. The summed E-state index contributed by atoms with van der Waals surface area (Å²) in [7, 11) is 1.24. The van der Waals surface area contributed by atoms with Crippen LogP contribution in [-0.4, -0.2) is 51.8 Å². The van der Waals surface area contributed by atoms with Crippen LogP contribution in [0, 0.1) is 5.92 Å². The molecule has 4 amide bonds. The Morgan fingerprint density at radius 3 is 2.24 bits per heavy atom. The van der Waals surface area contributed by atoms with Gasteiger partial charge in [0.25, 0.3) is 0 Å². The number of nitrogens with zero attached hydrogens (tertiary/aromatic N) is 2. The van der Waals surface area contributed by atoms with Crippen molar-refractivity contribution in [3.63, 3.8) is 0 Å². The Hall–Kier alpha value is -1.92. The average Bonchev–Trinajstić information content (AvgIpc) is 2.21.